The lowest BCUT2D eigenvalue weighted by molar-refractivity contribution is -0.360. The molecule has 0 heterocycles. The summed E-state index contributed by atoms with van der Waals surface area (Å²) >= 11 is 0. The van der Waals surface area contributed by atoms with Gasteiger partial charge in [-0.05, 0) is 66.3 Å². The molecule has 0 atom stereocenters. The number of hydrogen-bond donors (Lipinski definition) is 0. The number of halogens is 5. The van der Waals surface area contributed by atoms with Crippen LogP contribution in [0.15, 0.2) is 48.5 Å². The normalized spacial score (nSPS) is 20.2. The number of ether oxygens (including phenoxy) is 1. The van der Waals surface area contributed by atoms with Crippen molar-refractivity contribution >= 4 is 0 Å². The summed E-state index contributed by atoms with van der Waals surface area (Å²) in [5, 5.41) is 0. The van der Waals surface area contributed by atoms with Crippen molar-refractivity contribution in [3.05, 3.63) is 54.1 Å². The summed E-state index contributed by atoms with van der Waals surface area (Å²) < 4.78 is 66.6. The van der Waals surface area contributed by atoms with E-state index < -0.39 is 18.0 Å². The monoisotopic (exact) mass is 426 g/mol. The fourth-order valence-corrected chi connectivity index (χ4v) is 4.15. The molecule has 30 heavy (non-hydrogen) atoms. The minimum absolute atomic E-state index is 0.530. The van der Waals surface area contributed by atoms with Crippen molar-refractivity contribution in [2.45, 2.75) is 70.1 Å². The molecule has 2 aromatic carbocycles. The molecule has 0 N–H and O–H groups in total. The van der Waals surface area contributed by atoms with E-state index in [1.165, 1.54) is 62.6 Å². The van der Waals surface area contributed by atoms with Crippen LogP contribution >= 0.6 is 0 Å². The lowest BCUT2D eigenvalue weighted by atomic mass is 9.77. The first-order chi connectivity index (χ1) is 14.2. The Hall–Kier alpha value is -2.11. The molecule has 1 aliphatic carbocycles. The molecule has 0 spiro atoms. The van der Waals surface area contributed by atoms with Gasteiger partial charge in [-0.1, -0.05) is 62.6 Å². The third kappa shape index (κ3) is 5.52. The summed E-state index contributed by atoms with van der Waals surface area (Å²) in [6.07, 6.45) is -2.13. The van der Waals surface area contributed by atoms with Crippen LogP contribution in [0.2, 0.25) is 0 Å². The highest BCUT2D eigenvalue weighted by Gasteiger charge is 2.61. The van der Waals surface area contributed by atoms with Gasteiger partial charge in [-0.25, -0.2) is 0 Å². The maximum atomic E-state index is 13.0. The Bertz CT molecular complexity index is 788. The summed E-state index contributed by atoms with van der Waals surface area (Å²) in [5.41, 5.74) is 2.91. The summed E-state index contributed by atoms with van der Waals surface area (Å²) in [6, 6.07) is 13.3. The molecule has 3 rings (SSSR count). The molecule has 164 valence electrons. The largest absolute Gasteiger partial charge is 0.499 e. The average molecular weight is 426 g/mol. The Kier molecular flexibility index (Phi) is 7.04. The van der Waals surface area contributed by atoms with E-state index >= 15 is 0 Å². The van der Waals surface area contributed by atoms with Crippen LogP contribution in [0.5, 0.6) is 5.75 Å². The van der Waals surface area contributed by atoms with Crippen molar-refractivity contribution in [2.24, 2.45) is 5.92 Å². The van der Waals surface area contributed by atoms with E-state index in [0.29, 0.717) is 5.92 Å². The Morgan fingerprint density at radius 1 is 0.800 bits per heavy atom. The predicted octanol–water partition coefficient (Wildman–Crippen LogP) is 8.35. The van der Waals surface area contributed by atoms with Gasteiger partial charge in [0.05, 0.1) is 0 Å². The van der Waals surface area contributed by atoms with Crippen molar-refractivity contribution in [1.82, 2.24) is 0 Å². The molecule has 0 aromatic heterocycles. The van der Waals surface area contributed by atoms with Crippen molar-refractivity contribution in [3.8, 4) is 16.9 Å². The van der Waals surface area contributed by atoms with E-state index in [1.807, 2.05) is 12.1 Å². The first kappa shape index (κ1) is 22.6. The lowest BCUT2D eigenvalue weighted by Crippen LogP contribution is -2.41. The molecular formula is C24H27F5O. The van der Waals surface area contributed by atoms with Crippen LogP contribution in [0.4, 0.5) is 22.0 Å². The number of unbranched alkanes of at least 4 members (excludes halogenated alkanes) is 1. The number of hydrogen-bond acceptors (Lipinski definition) is 1. The molecule has 0 radical (unpaired) electrons. The lowest BCUT2D eigenvalue weighted by Gasteiger charge is -2.29. The van der Waals surface area contributed by atoms with Crippen LogP contribution in [-0.4, -0.2) is 12.3 Å². The van der Waals surface area contributed by atoms with Crippen LogP contribution in [-0.2, 0) is 0 Å². The van der Waals surface area contributed by atoms with Crippen LogP contribution in [0, 0.1) is 5.92 Å². The van der Waals surface area contributed by atoms with Crippen molar-refractivity contribution < 1.29 is 26.7 Å². The zero-order valence-corrected chi connectivity index (χ0v) is 17.0. The molecule has 1 nitrogen and oxygen atoms in total. The molecule has 0 saturated heterocycles. The fourth-order valence-electron chi connectivity index (χ4n) is 4.15. The maximum Gasteiger partial charge on any atom is 0.499 e. The molecule has 0 unspecified atom stereocenters. The Morgan fingerprint density at radius 2 is 1.33 bits per heavy atom. The van der Waals surface area contributed by atoms with Crippen molar-refractivity contribution in [1.29, 1.82) is 0 Å². The first-order valence-corrected chi connectivity index (χ1v) is 10.5. The van der Waals surface area contributed by atoms with Gasteiger partial charge < -0.3 is 4.74 Å². The molecule has 1 aliphatic rings. The topological polar surface area (TPSA) is 9.23 Å². The number of benzene rings is 2. The molecule has 1 fully saturated rings. The number of alkyl halides is 5. The minimum Gasteiger partial charge on any atom is -0.426 e. The van der Waals surface area contributed by atoms with Gasteiger partial charge in [0.15, 0.2) is 0 Å². The molecule has 6 heteroatoms. The Labute approximate surface area is 174 Å². The summed E-state index contributed by atoms with van der Waals surface area (Å²) in [7, 11) is 0. The minimum atomic E-state index is -5.75. The number of rotatable bonds is 7. The predicted molar refractivity (Wildman–Crippen MR) is 108 cm³/mol. The summed E-state index contributed by atoms with van der Waals surface area (Å²) in [6.45, 7) is 2.23. The zero-order valence-electron chi connectivity index (χ0n) is 17.0. The zero-order chi connectivity index (χ0) is 21.8. The molecular weight excluding hydrogens is 399 g/mol. The average Bonchev–Trinajstić information content (AvgIpc) is 2.72. The van der Waals surface area contributed by atoms with Gasteiger partial charge in [-0.15, -0.1) is 0 Å². The Balaban J connectivity index is 1.60. The maximum absolute atomic E-state index is 13.0. The van der Waals surface area contributed by atoms with E-state index in [1.54, 1.807) is 0 Å². The standard InChI is InChI=1S/C24H27F5O/c1-2-3-4-17-5-7-18(8-6-17)19-9-11-20(12-10-19)21-13-15-22(16-14-21)30-24(28,29)23(25,26)27/h9-18H,2-8H2,1H3. The molecule has 0 aliphatic heterocycles. The molecule has 2 aromatic rings. The van der Waals surface area contributed by atoms with Crippen LogP contribution < -0.4 is 4.74 Å². The second-order valence-electron chi connectivity index (χ2n) is 8.12. The second kappa shape index (κ2) is 9.36. The van der Waals surface area contributed by atoms with E-state index in [9.17, 15) is 22.0 Å². The van der Waals surface area contributed by atoms with Crippen LogP contribution in [0.3, 0.4) is 0 Å². The molecule has 0 bridgehead atoms. The highest BCUT2D eigenvalue weighted by Crippen LogP contribution is 2.39. The van der Waals surface area contributed by atoms with Gasteiger partial charge in [-0.2, -0.15) is 22.0 Å². The van der Waals surface area contributed by atoms with Gasteiger partial charge in [0.1, 0.15) is 5.75 Å². The smallest absolute Gasteiger partial charge is 0.426 e. The highest BCUT2D eigenvalue weighted by molar-refractivity contribution is 5.64. The van der Waals surface area contributed by atoms with Crippen LogP contribution in [0.25, 0.3) is 11.1 Å². The van der Waals surface area contributed by atoms with E-state index in [0.717, 1.165) is 29.2 Å². The van der Waals surface area contributed by atoms with E-state index in [4.69, 9.17) is 0 Å². The van der Waals surface area contributed by atoms with Crippen molar-refractivity contribution in [2.75, 3.05) is 0 Å². The van der Waals surface area contributed by atoms with Crippen molar-refractivity contribution in [3.63, 3.8) is 0 Å². The Morgan fingerprint density at radius 3 is 1.83 bits per heavy atom. The second-order valence-corrected chi connectivity index (χ2v) is 8.12. The molecule has 0 amide bonds. The summed E-state index contributed by atoms with van der Waals surface area (Å²) in [4.78, 5) is 0. The SMILES string of the molecule is CCCCC1CCC(c2ccc(-c3ccc(OC(F)(F)C(F)(F)F)cc3)cc2)CC1. The quantitative estimate of drug-likeness (QED) is 0.404. The van der Waals surface area contributed by atoms with E-state index in [2.05, 4.69) is 23.8 Å². The van der Waals surface area contributed by atoms with Gasteiger partial charge in [0, 0.05) is 0 Å². The highest BCUT2D eigenvalue weighted by atomic mass is 19.4. The van der Waals surface area contributed by atoms with E-state index in [-0.39, 0.29) is 0 Å². The van der Waals surface area contributed by atoms with Gasteiger partial charge >= 0.3 is 12.3 Å². The third-order valence-corrected chi connectivity index (χ3v) is 5.96. The van der Waals surface area contributed by atoms with Crippen LogP contribution in [0.1, 0.15) is 63.4 Å². The summed E-state index contributed by atoms with van der Waals surface area (Å²) in [5.74, 6) is 0.890. The van der Waals surface area contributed by atoms with Gasteiger partial charge in [-0.3, -0.25) is 0 Å². The fraction of sp³-hybridized carbons (Fsp3) is 0.500. The third-order valence-electron chi connectivity index (χ3n) is 5.96. The van der Waals surface area contributed by atoms with Gasteiger partial charge in [0.25, 0.3) is 0 Å². The van der Waals surface area contributed by atoms with Gasteiger partial charge in [0.2, 0.25) is 0 Å². The molecule has 1 saturated carbocycles. The first-order valence-electron chi connectivity index (χ1n) is 10.5.